The maximum absolute atomic E-state index is 11.6. The SMILES string of the molecule is Cc1csc(NC(=O)COC(=O)c2ccc(C)s2)n1. The lowest BCUT2D eigenvalue weighted by atomic mass is 10.4. The molecule has 0 spiro atoms. The molecule has 2 rings (SSSR count). The van der Waals surface area contributed by atoms with E-state index >= 15 is 0 Å². The molecule has 2 aromatic heterocycles. The number of amides is 1. The Morgan fingerprint density at radius 3 is 2.74 bits per heavy atom. The van der Waals surface area contributed by atoms with Crippen LogP contribution >= 0.6 is 22.7 Å². The number of anilines is 1. The standard InChI is InChI=1S/C12H12N2O3S2/c1-7-6-18-12(13-7)14-10(15)5-17-11(16)9-4-3-8(2)19-9/h3-4,6H,5H2,1-2H3,(H,13,14,15). The van der Waals surface area contributed by atoms with Gasteiger partial charge in [0.2, 0.25) is 0 Å². The summed E-state index contributed by atoms with van der Waals surface area (Å²) in [6, 6.07) is 3.52. The highest BCUT2D eigenvalue weighted by Crippen LogP contribution is 2.16. The zero-order valence-electron chi connectivity index (χ0n) is 10.4. The minimum atomic E-state index is -0.483. The van der Waals surface area contributed by atoms with E-state index in [1.165, 1.54) is 22.7 Å². The summed E-state index contributed by atoms with van der Waals surface area (Å²) in [4.78, 5) is 28.8. The van der Waals surface area contributed by atoms with Crippen LogP contribution in [0, 0.1) is 13.8 Å². The first-order valence-electron chi connectivity index (χ1n) is 5.50. The molecular formula is C12H12N2O3S2. The quantitative estimate of drug-likeness (QED) is 0.881. The molecule has 0 saturated carbocycles. The van der Waals surface area contributed by atoms with Crippen molar-refractivity contribution in [3.8, 4) is 0 Å². The second-order valence-corrected chi connectivity index (χ2v) is 5.97. The number of aryl methyl sites for hydroxylation is 2. The van der Waals surface area contributed by atoms with Gasteiger partial charge in [-0.3, -0.25) is 10.1 Å². The fraction of sp³-hybridized carbons (Fsp3) is 0.250. The van der Waals surface area contributed by atoms with E-state index in [0.29, 0.717) is 10.0 Å². The van der Waals surface area contributed by atoms with E-state index in [1.54, 1.807) is 6.07 Å². The van der Waals surface area contributed by atoms with Gasteiger partial charge in [0.15, 0.2) is 11.7 Å². The molecule has 19 heavy (non-hydrogen) atoms. The van der Waals surface area contributed by atoms with Crippen molar-refractivity contribution in [2.24, 2.45) is 0 Å². The largest absolute Gasteiger partial charge is 0.451 e. The second kappa shape index (κ2) is 5.94. The van der Waals surface area contributed by atoms with Crippen molar-refractivity contribution in [3.63, 3.8) is 0 Å². The number of aromatic nitrogens is 1. The van der Waals surface area contributed by atoms with Gasteiger partial charge in [0.05, 0.1) is 5.69 Å². The van der Waals surface area contributed by atoms with Gasteiger partial charge < -0.3 is 4.74 Å². The van der Waals surface area contributed by atoms with E-state index in [9.17, 15) is 9.59 Å². The first kappa shape index (κ1) is 13.7. The first-order chi connectivity index (χ1) is 9.04. The maximum Gasteiger partial charge on any atom is 0.348 e. The number of hydrogen-bond donors (Lipinski definition) is 1. The van der Waals surface area contributed by atoms with Crippen LogP contribution in [0.5, 0.6) is 0 Å². The number of carbonyl (C=O) groups is 2. The fourth-order valence-corrected chi connectivity index (χ4v) is 2.78. The molecule has 0 saturated heterocycles. The Labute approximate surface area is 118 Å². The molecule has 0 aliphatic carbocycles. The number of thiazole rings is 1. The molecule has 1 N–H and O–H groups in total. The number of ether oxygens (including phenoxy) is 1. The number of carbonyl (C=O) groups excluding carboxylic acids is 2. The van der Waals surface area contributed by atoms with E-state index < -0.39 is 11.9 Å². The Hall–Kier alpha value is -1.73. The molecule has 0 unspecified atom stereocenters. The average molecular weight is 296 g/mol. The van der Waals surface area contributed by atoms with Gasteiger partial charge in [0.1, 0.15) is 4.88 Å². The number of thiophene rings is 1. The van der Waals surface area contributed by atoms with Crippen molar-refractivity contribution >= 4 is 39.7 Å². The third-order valence-corrected chi connectivity index (χ3v) is 4.00. The third-order valence-electron chi connectivity index (χ3n) is 2.14. The fourth-order valence-electron chi connectivity index (χ4n) is 1.31. The van der Waals surface area contributed by atoms with Gasteiger partial charge in [-0.25, -0.2) is 9.78 Å². The Balaban J connectivity index is 1.82. The topological polar surface area (TPSA) is 68.3 Å². The van der Waals surface area contributed by atoms with Crippen LogP contribution in [0.2, 0.25) is 0 Å². The van der Waals surface area contributed by atoms with E-state index in [2.05, 4.69) is 10.3 Å². The first-order valence-corrected chi connectivity index (χ1v) is 7.20. The molecule has 0 atom stereocenters. The summed E-state index contributed by atoms with van der Waals surface area (Å²) in [6.07, 6.45) is 0. The van der Waals surface area contributed by atoms with E-state index in [1.807, 2.05) is 25.3 Å². The van der Waals surface area contributed by atoms with E-state index in [0.717, 1.165) is 10.6 Å². The Kier molecular flexibility index (Phi) is 4.28. The van der Waals surface area contributed by atoms with Gasteiger partial charge in [-0.05, 0) is 26.0 Å². The van der Waals surface area contributed by atoms with Crippen molar-refractivity contribution in [1.29, 1.82) is 0 Å². The molecule has 2 heterocycles. The normalized spacial score (nSPS) is 10.2. The summed E-state index contributed by atoms with van der Waals surface area (Å²) < 4.78 is 4.92. The van der Waals surface area contributed by atoms with Gasteiger partial charge in [0.25, 0.3) is 5.91 Å². The molecule has 5 nitrogen and oxygen atoms in total. The minimum absolute atomic E-state index is 0.311. The molecule has 0 aromatic carbocycles. The molecule has 7 heteroatoms. The van der Waals surface area contributed by atoms with Crippen molar-refractivity contribution < 1.29 is 14.3 Å². The summed E-state index contributed by atoms with van der Waals surface area (Å²) in [5, 5.41) is 4.90. The number of esters is 1. The van der Waals surface area contributed by atoms with Gasteiger partial charge in [-0.1, -0.05) is 0 Å². The van der Waals surface area contributed by atoms with Crippen LogP contribution in [0.25, 0.3) is 0 Å². The maximum atomic E-state index is 11.6. The third kappa shape index (κ3) is 3.87. The molecule has 0 bridgehead atoms. The zero-order valence-corrected chi connectivity index (χ0v) is 12.1. The molecule has 100 valence electrons. The number of nitrogens with one attached hydrogen (secondary N) is 1. The lowest BCUT2D eigenvalue weighted by molar-refractivity contribution is -0.119. The number of rotatable bonds is 4. The van der Waals surface area contributed by atoms with Crippen molar-refractivity contribution in [2.45, 2.75) is 13.8 Å². The summed E-state index contributed by atoms with van der Waals surface area (Å²) >= 11 is 2.67. The highest BCUT2D eigenvalue weighted by molar-refractivity contribution is 7.14. The lowest BCUT2D eigenvalue weighted by Gasteiger charge is -2.02. The number of nitrogens with zero attached hydrogens (tertiary/aromatic N) is 1. The molecule has 1 amide bonds. The van der Waals surface area contributed by atoms with Gasteiger partial charge in [0, 0.05) is 10.3 Å². The molecular weight excluding hydrogens is 284 g/mol. The van der Waals surface area contributed by atoms with Crippen LogP contribution in [-0.2, 0) is 9.53 Å². The van der Waals surface area contributed by atoms with Gasteiger partial charge in [-0.2, -0.15) is 0 Å². The van der Waals surface area contributed by atoms with E-state index in [4.69, 9.17) is 4.74 Å². The van der Waals surface area contributed by atoms with Crippen LogP contribution in [-0.4, -0.2) is 23.5 Å². The van der Waals surface area contributed by atoms with Crippen LogP contribution in [0.15, 0.2) is 17.5 Å². The molecule has 0 aliphatic heterocycles. The highest BCUT2D eigenvalue weighted by Gasteiger charge is 2.12. The van der Waals surface area contributed by atoms with E-state index in [-0.39, 0.29) is 6.61 Å². The Morgan fingerprint density at radius 2 is 2.16 bits per heavy atom. The van der Waals surface area contributed by atoms with Crippen LogP contribution in [0.3, 0.4) is 0 Å². The Bertz CT molecular complexity index is 604. The summed E-state index contributed by atoms with van der Waals surface area (Å²) in [7, 11) is 0. The summed E-state index contributed by atoms with van der Waals surface area (Å²) in [6.45, 7) is 3.43. The van der Waals surface area contributed by atoms with Crippen LogP contribution in [0.4, 0.5) is 5.13 Å². The predicted molar refractivity (Wildman–Crippen MR) is 74.8 cm³/mol. The van der Waals surface area contributed by atoms with Gasteiger partial charge in [-0.15, -0.1) is 22.7 Å². The smallest absolute Gasteiger partial charge is 0.348 e. The monoisotopic (exact) mass is 296 g/mol. The summed E-state index contributed by atoms with van der Waals surface area (Å²) in [5.74, 6) is -0.875. The molecule has 0 radical (unpaired) electrons. The molecule has 0 aliphatic rings. The van der Waals surface area contributed by atoms with Crippen molar-refractivity contribution in [3.05, 3.63) is 33.0 Å². The van der Waals surface area contributed by atoms with Crippen molar-refractivity contribution in [1.82, 2.24) is 4.98 Å². The summed E-state index contributed by atoms with van der Waals surface area (Å²) in [5.41, 5.74) is 0.839. The Morgan fingerprint density at radius 1 is 1.37 bits per heavy atom. The molecule has 0 fully saturated rings. The van der Waals surface area contributed by atoms with Crippen molar-refractivity contribution in [2.75, 3.05) is 11.9 Å². The highest BCUT2D eigenvalue weighted by atomic mass is 32.1. The predicted octanol–water partition coefficient (Wildman–Crippen LogP) is 2.62. The zero-order chi connectivity index (χ0) is 13.8. The number of hydrogen-bond acceptors (Lipinski definition) is 6. The van der Waals surface area contributed by atoms with Gasteiger partial charge >= 0.3 is 5.97 Å². The minimum Gasteiger partial charge on any atom is -0.451 e. The average Bonchev–Trinajstić information content (AvgIpc) is 2.95. The lowest BCUT2D eigenvalue weighted by Crippen LogP contribution is -2.20. The van der Waals surface area contributed by atoms with Crippen LogP contribution < -0.4 is 5.32 Å². The molecule has 2 aromatic rings. The van der Waals surface area contributed by atoms with Crippen LogP contribution in [0.1, 0.15) is 20.2 Å². The second-order valence-electron chi connectivity index (χ2n) is 3.83.